The Labute approximate surface area is 106 Å². The van der Waals surface area contributed by atoms with E-state index < -0.39 is 0 Å². The Morgan fingerprint density at radius 3 is 2.78 bits per heavy atom. The van der Waals surface area contributed by atoms with Gasteiger partial charge in [-0.1, -0.05) is 12.8 Å². The zero-order valence-corrected chi connectivity index (χ0v) is 10.6. The summed E-state index contributed by atoms with van der Waals surface area (Å²) < 4.78 is 1.44. The van der Waals surface area contributed by atoms with E-state index in [4.69, 9.17) is 5.73 Å². The van der Waals surface area contributed by atoms with Crippen LogP contribution in [-0.4, -0.2) is 16.5 Å². The van der Waals surface area contributed by atoms with Gasteiger partial charge in [0.15, 0.2) is 0 Å². The molecule has 1 aromatic heterocycles. The van der Waals surface area contributed by atoms with Crippen LogP contribution in [0.25, 0.3) is 0 Å². The van der Waals surface area contributed by atoms with E-state index >= 15 is 0 Å². The predicted octanol–water partition coefficient (Wildman–Crippen LogP) is 0.841. The topological polar surface area (TPSA) is 77.1 Å². The van der Waals surface area contributed by atoms with Crippen LogP contribution in [0.3, 0.4) is 0 Å². The van der Waals surface area contributed by atoms with Crippen LogP contribution in [0.15, 0.2) is 23.1 Å². The summed E-state index contributed by atoms with van der Waals surface area (Å²) in [6, 6.07) is 3.01. The number of rotatable bonds is 2. The van der Waals surface area contributed by atoms with Crippen molar-refractivity contribution < 1.29 is 4.79 Å². The molecule has 1 aliphatic carbocycles. The van der Waals surface area contributed by atoms with E-state index in [9.17, 15) is 9.59 Å². The lowest BCUT2D eigenvalue weighted by Crippen LogP contribution is -2.40. The first-order chi connectivity index (χ1) is 8.58. The number of carbonyl (C=O) groups excluding carboxylic acids is 1. The second kappa shape index (κ2) is 5.35. The van der Waals surface area contributed by atoms with Crippen molar-refractivity contribution in [2.75, 3.05) is 5.32 Å². The number of anilines is 1. The summed E-state index contributed by atoms with van der Waals surface area (Å²) in [4.78, 5) is 23.3. The summed E-state index contributed by atoms with van der Waals surface area (Å²) in [5.41, 5.74) is 6.52. The van der Waals surface area contributed by atoms with Gasteiger partial charge in [0.2, 0.25) is 11.5 Å². The molecule has 2 atom stereocenters. The summed E-state index contributed by atoms with van der Waals surface area (Å²) in [6.45, 7) is 0. The van der Waals surface area contributed by atoms with Gasteiger partial charge in [0.05, 0.1) is 11.6 Å². The zero-order valence-electron chi connectivity index (χ0n) is 10.6. The molecule has 3 N–H and O–H groups in total. The Kier molecular flexibility index (Phi) is 3.81. The van der Waals surface area contributed by atoms with Gasteiger partial charge in [-0.15, -0.1) is 0 Å². The smallest absolute Gasteiger partial charge is 0.250 e. The van der Waals surface area contributed by atoms with E-state index in [1.54, 1.807) is 19.3 Å². The van der Waals surface area contributed by atoms with E-state index in [0.717, 1.165) is 25.7 Å². The van der Waals surface area contributed by atoms with Crippen LogP contribution in [0.5, 0.6) is 0 Å². The molecule has 5 heteroatoms. The van der Waals surface area contributed by atoms with E-state index in [1.165, 1.54) is 10.6 Å². The van der Waals surface area contributed by atoms with E-state index in [1.807, 2.05) is 0 Å². The number of amides is 1. The van der Waals surface area contributed by atoms with Gasteiger partial charge in [-0.05, 0) is 18.9 Å². The number of aryl methyl sites for hydroxylation is 1. The molecule has 1 saturated carbocycles. The standard InChI is InChI=1S/C13H19N3O2/c1-16-8-9(6-7-12(16)17)15-13(18)10-4-2-3-5-11(10)14/h6-8,10-11H,2-5,14H2,1H3,(H,15,18). The molecule has 0 saturated heterocycles. The fraction of sp³-hybridized carbons (Fsp3) is 0.538. The van der Waals surface area contributed by atoms with E-state index in [-0.39, 0.29) is 23.4 Å². The second-order valence-corrected chi connectivity index (χ2v) is 4.91. The molecule has 0 radical (unpaired) electrons. The first kappa shape index (κ1) is 12.8. The highest BCUT2D eigenvalue weighted by Crippen LogP contribution is 2.24. The number of hydrogen-bond donors (Lipinski definition) is 2. The Bertz CT molecular complexity index is 495. The summed E-state index contributed by atoms with van der Waals surface area (Å²) in [6.07, 6.45) is 5.53. The molecule has 1 aromatic rings. The highest BCUT2D eigenvalue weighted by atomic mass is 16.2. The van der Waals surface area contributed by atoms with Crippen molar-refractivity contribution >= 4 is 11.6 Å². The Hall–Kier alpha value is -1.62. The van der Waals surface area contributed by atoms with Crippen molar-refractivity contribution in [2.45, 2.75) is 31.7 Å². The molecule has 5 nitrogen and oxygen atoms in total. The van der Waals surface area contributed by atoms with Crippen molar-refractivity contribution in [2.24, 2.45) is 18.7 Å². The van der Waals surface area contributed by atoms with Crippen molar-refractivity contribution in [3.8, 4) is 0 Å². The quantitative estimate of drug-likeness (QED) is 0.815. The van der Waals surface area contributed by atoms with Crippen molar-refractivity contribution in [1.82, 2.24) is 4.57 Å². The largest absolute Gasteiger partial charge is 0.327 e. The molecule has 2 rings (SSSR count). The van der Waals surface area contributed by atoms with Crippen molar-refractivity contribution in [3.63, 3.8) is 0 Å². The van der Waals surface area contributed by atoms with Crippen LogP contribution in [0.2, 0.25) is 0 Å². The molecular weight excluding hydrogens is 230 g/mol. The second-order valence-electron chi connectivity index (χ2n) is 4.91. The Morgan fingerprint density at radius 2 is 2.11 bits per heavy atom. The van der Waals surface area contributed by atoms with Crippen LogP contribution >= 0.6 is 0 Å². The molecule has 1 amide bonds. The van der Waals surface area contributed by atoms with Crippen molar-refractivity contribution in [3.05, 3.63) is 28.7 Å². The fourth-order valence-corrected chi connectivity index (χ4v) is 2.39. The highest BCUT2D eigenvalue weighted by Gasteiger charge is 2.28. The minimum atomic E-state index is -0.115. The molecule has 98 valence electrons. The summed E-state index contributed by atoms with van der Waals surface area (Å²) in [5.74, 6) is -0.156. The third-order valence-corrected chi connectivity index (χ3v) is 3.51. The first-order valence-corrected chi connectivity index (χ1v) is 6.31. The van der Waals surface area contributed by atoms with Gasteiger partial charge < -0.3 is 15.6 Å². The summed E-state index contributed by atoms with van der Waals surface area (Å²) in [7, 11) is 1.66. The summed E-state index contributed by atoms with van der Waals surface area (Å²) >= 11 is 0. The van der Waals surface area contributed by atoms with Gasteiger partial charge in [0.25, 0.3) is 0 Å². The average Bonchev–Trinajstić information content (AvgIpc) is 2.34. The number of nitrogens with zero attached hydrogens (tertiary/aromatic N) is 1. The van der Waals surface area contributed by atoms with Crippen LogP contribution < -0.4 is 16.6 Å². The lowest BCUT2D eigenvalue weighted by atomic mass is 9.84. The SMILES string of the molecule is Cn1cc(NC(=O)C2CCCCC2N)ccc1=O. The predicted molar refractivity (Wildman–Crippen MR) is 70.2 cm³/mol. The van der Waals surface area contributed by atoms with Crippen LogP contribution in [0.1, 0.15) is 25.7 Å². The molecule has 0 aliphatic heterocycles. The van der Waals surface area contributed by atoms with Gasteiger partial charge in [-0.25, -0.2) is 0 Å². The number of aromatic nitrogens is 1. The number of hydrogen-bond acceptors (Lipinski definition) is 3. The molecule has 0 bridgehead atoms. The van der Waals surface area contributed by atoms with Crippen molar-refractivity contribution in [1.29, 1.82) is 0 Å². The molecule has 1 heterocycles. The Morgan fingerprint density at radius 1 is 1.39 bits per heavy atom. The number of nitrogens with two attached hydrogens (primary N) is 1. The maximum absolute atomic E-state index is 12.1. The van der Waals surface area contributed by atoms with Crippen LogP contribution in [0, 0.1) is 5.92 Å². The van der Waals surface area contributed by atoms with Crippen LogP contribution in [-0.2, 0) is 11.8 Å². The van der Waals surface area contributed by atoms with Gasteiger partial charge in [-0.2, -0.15) is 0 Å². The molecular formula is C13H19N3O2. The number of nitrogens with one attached hydrogen (secondary N) is 1. The third kappa shape index (κ3) is 2.79. The molecule has 1 aliphatic rings. The van der Waals surface area contributed by atoms with Gasteiger partial charge in [-0.3, -0.25) is 9.59 Å². The maximum atomic E-state index is 12.1. The molecule has 2 unspecified atom stereocenters. The van der Waals surface area contributed by atoms with Gasteiger partial charge in [0.1, 0.15) is 0 Å². The molecule has 0 aromatic carbocycles. The fourth-order valence-electron chi connectivity index (χ4n) is 2.39. The first-order valence-electron chi connectivity index (χ1n) is 6.31. The Balaban J connectivity index is 2.06. The number of pyridine rings is 1. The summed E-state index contributed by atoms with van der Waals surface area (Å²) in [5, 5.41) is 2.83. The lowest BCUT2D eigenvalue weighted by Gasteiger charge is -2.27. The highest BCUT2D eigenvalue weighted by molar-refractivity contribution is 5.92. The van der Waals surface area contributed by atoms with E-state index in [2.05, 4.69) is 5.32 Å². The average molecular weight is 249 g/mol. The van der Waals surface area contributed by atoms with E-state index in [0.29, 0.717) is 5.69 Å². The normalized spacial score (nSPS) is 23.7. The molecule has 18 heavy (non-hydrogen) atoms. The third-order valence-electron chi connectivity index (χ3n) is 3.51. The van der Waals surface area contributed by atoms with Gasteiger partial charge >= 0.3 is 0 Å². The van der Waals surface area contributed by atoms with Gasteiger partial charge in [0, 0.05) is 25.4 Å². The minimum absolute atomic E-state index is 0.0409. The zero-order chi connectivity index (χ0) is 13.1. The lowest BCUT2D eigenvalue weighted by molar-refractivity contribution is -0.121. The monoisotopic (exact) mass is 249 g/mol. The number of carbonyl (C=O) groups is 1. The molecule has 0 spiro atoms. The van der Waals surface area contributed by atoms with Crippen LogP contribution in [0.4, 0.5) is 5.69 Å². The minimum Gasteiger partial charge on any atom is -0.327 e. The maximum Gasteiger partial charge on any atom is 0.250 e. The molecule has 1 fully saturated rings.